The quantitative estimate of drug-likeness (QED) is 0.847. The van der Waals surface area contributed by atoms with Crippen LogP contribution in [-0.4, -0.2) is 19.1 Å². The Bertz CT molecular complexity index is 589. The molecule has 0 saturated heterocycles. The number of benzene rings is 2. The molecule has 0 amide bonds. The first-order valence-corrected chi connectivity index (χ1v) is 6.92. The number of fused-ring (bicyclic) bond motifs is 1. The molecule has 2 aromatic rings. The molecule has 3 nitrogen and oxygen atoms in total. The van der Waals surface area contributed by atoms with E-state index in [2.05, 4.69) is 48.6 Å². The summed E-state index contributed by atoms with van der Waals surface area (Å²) in [5.74, 6) is -0.185. The van der Waals surface area contributed by atoms with Crippen molar-refractivity contribution in [2.75, 3.05) is 7.11 Å². The molecule has 0 aliphatic rings. The minimum Gasteiger partial charge on any atom is -0.469 e. The molecule has 0 bridgehead atoms. The van der Waals surface area contributed by atoms with Gasteiger partial charge in [0.05, 0.1) is 13.5 Å². The van der Waals surface area contributed by atoms with Gasteiger partial charge in [0, 0.05) is 12.1 Å². The number of methoxy groups -OCH3 is 1. The van der Waals surface area contributed by atoms with Gasteiger partial charge < -0.3 is 10.1 Å². The van der Waals surface area contributed by atoms with Crippen molar-refractivity contribution in [3.63, 3.8) is 0 Å². The van der Waals surface area contributed by atoms with E-state index in [9.17, 15) is 4.79 Å². The Hall–Kier alpha value is -1.87. The van der Waals surface area contributed by atoms with Crippen molar-refractivity contribution < 1.29 is 9.53 Å². The Balaban J connectivity index is 2.15. The number of esters is 1. The third-order valence-electron chi connectivity index (χ3n) is 3.52. The summed E-state index contributed by atoms with van der Waals surface area (Å²) in [5, 5.41) is 5.94. The van der Waals surface area contributed by atoms with E-state index in [0.717, 1.165) is 0 Å². The van der Waals surface area contributed by atoms with Crippen LogP contribution in [0.2, 0.25) is 0 Å². The van der Waals surface area contributed by atoms with Gasteiger partial charge in [0.15, 0.2) is 0 Å². The Morgan fingerprint density at radius 3 is 2.60 bits per heavy atom. The van der Waals surface area contributed by atoms with Crippen molar-refractivity contribution >= 4 is 16.7 Å². The largest absolute Gasteiger partial charge is 0.469 e. The average molecular weight is 271 g/mol. The van der Waals surface area contributed by atoms with Crippen LogP contribution >= 0.6 is 0 Å². The third kappa shape index (κ3) is 3.36. The Labute approximate surface area is 119 Å². The van der Waals surface area contributed by atoms with E-state index >= 15 is 0 Å². The molecular weight excluding hydrogens is 250 g/mol. The highest BCUT2D eigenvalue weighted by molar-refractivity contribution is 5.86. The van der Waals surface area contributed by atoms with Crippen LogP contribution in [0.4, 0.5) is 0 Å². The standard InChI is InChI=1S/C17H21NO2/c1-12(11-17(19)20-3)18-13(2)15-10-6-8-14-7-4-5-9-16(14)15/h4-10,12-13,18H,11H2,1-3H3. The minimum absolute atomic E-state index is 0.0800. The lowest BCUT2D eigenvalue weighted by Gasteiger charge is -2.21. The van der Waals surface area contributed by atoms with Gasteiger partial charge in [-0.1, -0.05) is 42.5 Å². The van der Waals surface area contributed by atoms with Crippen LogP contribution in [0.25, 0.3) is 10.8 Å². The van der Waals surface area contributed by atoms with Crippen molar-refractivity contribution in [2.45, 2.75) is 32.4 Å². The highest BCUT2D eigenvalue weighted by Crippen LogP contribution is 2.24. The molecule has 2 aromatic carbocycles. The van der Waals surface area contributed by atoms with Crippen LogP contribution in [-0.2, 0) is 9.53 Å². The predicted octanol–water partition coefficient (Wildman–Crippen LogP) is 3.44. The number of carbonyl (C=O) groups excluding carboxylic acids is 1. The fraction of sp³-hybridized carbons (Fsp3) is 0.353. The van der Waals surface area contributed by atoms with Gasteiger partial charge in [-0.2, -0.15) is 0 Å². The van der Waals surface area contributed by atoms with E-state index in [1.54, 1.807) is 0 Å². The van der Waals surface area contributed by atoms with Crippen LogP contribution in [0.5, 0.6) is 0 Å². The molecule has 0 heterocycles. The monoisotopic (exact) mass is 271 g/mol. The first kappa shape index (κ1) is 14.5. The molecular formula is C17H21NO2. The number of nitrogens with one attached hydrogen (secondary N) is 1. The van der Waals surface area contributed by atoms with Crippen molar-refractivity contribution in [1.29, 1.82) is 0 Å². The number of carbonyl (C=O) groups is 1. The van der Waals surface area contributed by atoms with Crippen molar-refractivity contribution in [1.82, 2.24) is 5.32 Å². The summed E-state index contributed by atoms with van der Waals surface area (Å²) >= 11 is 0. The lowest BCUT2D eigenvalue weighted by atomic mass is 9.99. The molecule has 0 aromatic heterocycles. The molecule has 0 radical (unpaired) electrons. The summed E-state index contributed by atoms with van der Waals surface area (Å²) in [5.41, 5.74) is 1.25. The van der Waals surface area contributed by atoms with Crippen LogP contribution in [0.15, 0.2) is 42.5 Å². The third-order valence-corrected chi connectivity index (χ3v) is 3.52. The Morgan fingerprint density at radius 2 is 1.85 bits per heavy atom. The van der Waals surface area contributed by atoms with E-state index < -0.39 is 0 Å². The van der Waals surface area contributed by atoms with Crippen LogP contribution < -0.4 is 5.32 Å². The van der Waals surface area contributed by atoms with E-state index in [-0.39, 0.29) is 18.1 Å². The summed E-state index contributed by atoms with van der Waals surface area (Å²) in [4.78, 5) is 11.3. The van der Waals surface area contributed by atoms with Gasteiger partial charge >= 0.3 is 5.97 Å². The van der Waals surface area contributed by atoms with Gasteiger partial charge in [-0.15, -0.1) is 0 Å². The van der Waals surface area contributed by atoms with Gasteiger partial charge in [0.1, 0.15) is 0 Å². The van der Waals surface area contributed by atoms with Gasteiger partial charge in [-0.25, -0.2) is 0 Å². The second kappa shape index (κ2) is 6.53. The zero-order valence-corrected chi connectivity index (χ0v) is 12.2. The van der Waals surface area contributed by atoms with E-state index in [4.69, 9.17) is 4.74 Å². The summed E-state index contributed by atoms with van der Waals surface area (Å²) in [7, 11) is 1.42. The number of hydrogen-bond acceptors (Lipinski definition) is 3. The Kier molecular flexibility index (Phi) is 4.74. The number of rotatable bonds is 5. The molecule has 2 unspecified atom stereocenters. The molecule has 0 aliphatic heterocycles. The van der Waals surface area contributed by atoms with E-state index in [1.807, 2.05) is 13.0 Å². The number of ether oxygens (including phenoxy) is 1. The molecule has 2 rings (SSSR count). The van der Waals surface area contributed by atoms with Crippen molar-refractivity contribution in [2.24, 2.45) is 0 Å². The topological polar surface area (TPSA) is 38.3 Å². The smallest absolute Gasteiger partial charge is 0.307 e. The predicted molar refractivity (Wildman–Crippen MR) is 81.6 cm³/mol. The Morgan fingerprint density at radius 1 is 1.15 bits per heavy atom. The second-order valence-corrected chi connectivity index (χ2v) is 5.14. The lowest BCUT2D eigenvalue weighted by molar-refractivity contribution is -0.141. The summed E-state index contributed by atoms with van der Waals surface area (Å²) in [6, 6.07) is 14.9. The summed E-state index contributed by atoms with van der Waals surface area (Å²) in [6.45, 7) is 4.12. The van der Waals surface area contributed by atoms with Crippen molar-refractivity contribution in [3.8, 4) is 0 Å². The SMILES string of the molecule is COC(=O)CC(C)NC(C)c1cccc2ccccc12. The molecule has 2 atom stereocenters. The fourth-order valence-electron chi connectivity index (χ4n) is 2.54. The highest BCUT2D eigenvalue weighted by Gasteiger charge is 2.14. The minimum atomic E-state index is -0.185. The second-order valence-electron chi connectivity index (χ2n) is 5.14. The van der Waals surface area contributed by atoms with Gasteiger partial charge in [-0.3, -0.25) is 4.79 Å². The maximum atomic E-state index is 11.3. The zero-order chi connectivity index (χ0) is 14.5. The summed E-state index contributed by atoms with van der Waals surface area (Å²) < 4.78 is 4.70. The highest BCUT2D eigenvalue weighted by atomic mass is 16.5. The summed E-state index contributed by atoms with van der Waals surface area (Å²) in [6.07, 6.45) is 0.381. The molecule has 0 spiro atoms. The molecule has 3 heteroatoms. The van der Waals surface area contributed by atoms with Crippen LogP contribution in [0.3, 0.4) is 0 Å². The molecule has 0 aliphatic carbocycles. The zero-order valence-electron chi connectivity index (χ0n) is 12.2. The first-order valence-electron chi connectivity index (χ1n) is 6.92. The van der Waals surface area contributed by atoms with Crippen LogP contribution in [0, 0.1) is 0 Å². The molecule has 106 valence electrons. The first-order chi connectivity index (χ1) is 9.61. The van der Waals surface area contributed by atoms with Crippen LogP contribution in [0.1, 0.15) is 31.9 Å². The normalized spacial score (nSPS) is 13.9. The fourth-order valence-corrected chi connectivity index (χ4v) is 2.54. The van der Waals surface area contributed by atoms with Gasteiger partial charge in [-0.05, 0) is 30.2 Å². The van der Waals surface area contributed by atoms with Gasteiger partial charge in [0.25, 0.3) is 0 Å². The molecule has 0 saturated carbocycles. The average Bonchev–Trinajstić information content (AvgIpc) is 2.46. The van der Waals surface area contributed by atoms with E-state index in [1.165, 1.54) is 23.4 Å². The maximum absolute atomic E-state index is 11.3. The van der Waals surface area contributed by atoms with E-state index in [0.29, 0.717) is 6.42 Å². The lowest BCUT2D eigenvalue weighted by Crippen LogP contribution is -2.31. The van der Waals surface area contributed by atoms with Gasteiger partial charge in [0.2, 0.25) is 0 Å². The molecule has 1 N–H and O–H groups in total. The molecule has 0 fully saturated rings. The number of hydrogen-bond donors (Lipinski definition) is 1. The molecule has 20 heavy (non-hydrogen) atoms. The van der Waals surface area contributed by atoms with Crippen molar-refractivity contribution in [3.05, 3.63) is 48.0 Å². The maximum Gasteiger partial charge on any atom is 0.307 e.